The SMILES string of the molecule is C[Si](C)(C)CCOCn1ccc(=O)n(C[C@H]2C[C@H](OCc3ccccc3)[C@@H](COCc3ccccc3)O2)c1=O. The average molecular weight is 553 g/mol. The van der Waals surface area contributed by atoms with E-state index in [-0.39, 0.29) is 37.1 Å². The summed E-state index contributed by atoms with van der Waals surface area (Å²) in [5.74, 6) is 0. The first-order chi connectivity index (χ1) is 18.8. The van der Waals surface area contributed by atoms with Gasteiger partial charge < -0.3 is 18.9 Å². The monoisotopic (exact) mass is 552 g/mol. The first-order valence-corrected chi connectivity index (χ1v) is 17.3. The second-order valence-corrected chi connectivity index (χ2v) is 16.9. The number of hydrogen-bond acceptors (Lipinski definition) is 6. The van der Waals surface area contributed by atoms with Crippen LogP contribution in [0.25, 0.3) is 0 Å². The summed E-state index contributed by atoms with van der Waals surface area (Å²) in [6.45, 7) is 8.97. The van der Waals surface area contributed by atoms with Crippen molar-refractivity contribution < 1.29 is 18.9 Å². The van der Waals surface area contributed by atoms with Crippen LogP contribution in [0.15, 0.2) is 82.5 Å². The van der Waals surface area contributed by atoms with E-state index in [2.05, 4.69) is 19.6 Å². The first kappa shape index (κ1) is 29.2. The van der Waals surface area contributed by atoms with Crippen LogP contribution in [0.1, 0.15) is 17.5 Å². The van der Waals surface area contributed by atoms with Gasteiger partial charge >= 0.3 is 5.69 Å². The minimum absolute atomic E-state index is 0.119. The van der Waals surface area contributed by atoms with E-state index < -0.39 is 13.8 Å². The molecule has 0 radical (unpaired) electrons. The molecule has 0 spiro atoms. The number of ether oxygens (including phenoxy) is 4. The minimum atomic E-state index is -1.23. The molecule has 210 valence electrons. The van der Waals surface area contributed by atoms with Gasteiger partial charge in [-0.05, 0) is 17.2 Å². The summed E-state index contributed by atoms with van der Waals surface area (Å²) in [6.07, 6.45) is 1.16. The maximum Gasteiger partial charge on any atom is 0.332 e. The molecule has 2 aromatic carbocycles. The number of rotatable bonds is 14. The molecular formula is C30H40N2O6Si. The van der Waals surface area contributed by atoms with Crippen LogP contribution in [-0.2, 0) is 45.4 Å². The van der Waals surface area contributed by atoms with E-state index in [0.717, 1.165) is 17.2 Å². The molecule has 0 saturated carbocycles. The van der Waals surface area contributed by atoms with Crippen molar-refractivity contribution in [2.24, 2.45) is 0 Å². The van der Waals surface area contributed by atoms with Gasteiger partial charge in [-0.2, -0.15) is 0 Å². The second kappa shape index (κ2) is 14.0. The molecule has 8 nitrogen and oxygen atoms in total. The van der Waals surface area contributed by atoms with Gasteiger partial charge in [0.1, 0.15) is 12.8 Å². The highest BCUT2D eigenvalue weighted by Gasteiger charge is 2.37. The first-order valence-electron chi connectivity index (χ1n) is 13.6. The summed E-state index contributed by atoms with van der Waals surface area (Å²) in [6, 6.07) is 22.4. The lowest BCUT2D eigenvalue weighted by atomic mass is 10.1. The van der Waals surface area contributed by atoms with E-state index in [0.29, 0.717) is 32.8 Å². The maximum atomic E-state index is 13.1. The summed E-state index contributed by atoms with van der Waals surface area (Å²) in [5, 5.41) is 0. The zero-order valence-corrected chi connectivity index (χ0v) is 24.2. The molecular weight excluding hydrogens is 512 g/mol. The largest absolute Gasteiger partial charge is 0.374 e. The Kier molecular flexibility index (Phi) is 10.5. The molecule has 1 aliphatic heterocycles. The Morgan fingerprint density at radius 2 is 1.56 bits per heavy atom. The standard InChI is InChI=1S/C30H40N2O6Si/c1-39(2,3)17-16-35-23-31-15-14-29(33)32(30(31)34)19-26-18-27(37-21-25-12-8-5-9-13-25)28(38-26)22-36-20-24-10-6-4-7-11-24/h4-15,26-28H,16-23H2,1-3H3/t26-,27+,28-/m1/s1. The Morgan fingerprint density at radius 3 is 2.23 bits per heavy atom. The summed E-state index contributed by atoms with van der Waals surface area (Å²) >= 11 is 0. The van der Waals surface area contributed by atoms with Gasteiger partial charge in [-0.1, -0.05) is 80.3 Å². The van der Waals surface area contributed by atoms with Crippen molar-refractivity contribution in [3.8, 4) is 0 Å². The summed E-state index contributed by atoms with van der Waals surface area (Å²) in [4.78, 5) is 25.8. The Bertz CT molecular complexity index is 1270. The van der Waals surface area contributed by atoms with E-state index in [1.807, 2.05) is 60.7 Å². The quantitative estimate of drug-likeness (QED) is 0.219. The molecule has 1 aliphatic rings. The number of benzene rings is 2. The maximum absolute atomic E-state index is 13.1. The molecule has 0 unspecified atom stereocenters. The van der Waals surface area contributed by atoms with Crippen LogP contribution in [0.4, 0.5) is 0 Å². The smallest absolute Gasteiger partial charge is 0.332 e. The summed E-state index contributed by atoms with van der Waals surface area (Å²) < 4.78 is 26.9. The highest BCUT2D eigenvalue weighted by molar-refractivity contribution is 6.76. The van der Waals surface area contributed by atoms with Crippen LogP contribution in [0.2, 0.25) is 25.7 Å². The Morgan fingerprint density at radius 1 is 0.897 bits per heavy atom. The third-order valence-corrected chi connectivity index (χ3v) is 8.43. The van der Waals surface area contributed by atoms with Gasteiger partial charge in [-0.15, -0.1) is 0 Å². The van der Waals surface area contributed by atoms with E-state index in [1.54, 1.807) is 0 Å². The molecule has 1 fully saturated rings. The van der Waals surface area contributed by atoms with Crippen molar-refractivity contribution >= 4 is 8.07 Å². The molecule has 4 rings (SSSR count). The predicted molar refractivity (Wildman–Crippen MR) is 153 cm³/mol. The molecule has 0 bridgehead atoms. The molecule has 39 heavy (non-hydrogen) atoms. The van der Waals surface area contributed by atoms with Crippen LogP contribution >= 0.6 is 0 Å². The van der Waals surface area contributed by atoms with E-state index in [4.69, 9.17) is 18.9 Å². The van der Waals surface area contributed by atoms with Crippen LogP contribution in [0.3, 0.4) is 0 Å². The third kappa shape index (κ3) is 9.11. The number of hydrogen-bond donors (Lipinski definition) is 0. The molecule has 0 amide bonds. The normalized spacial score (nSPS) is 19.4. The highest BCUT2D eigenvalue weighted by atomic mass is 28.3. The van der Waals surface area contributed by atoms with Gasteiger partial charge in [0.05, 0.1) is 38.6 Å². The minimum Gasteiger partial charge on any atom is -0.374 e. The topological polar surface area (TPSA) is 80.9 Å². The lowest BCUT2D eigenvalue weighted by Gasteiger charge is -2.19. The number of aromatic nitrogens is 2. The third-order valence-electron chi connectivity index (χ3n) is 6.73. The van der Waals surface area contributed by atoms with E-state index in [9.17, 15) is 9.59 Å². The average Bonchev–Trinajstić information content (AvgIpc) is 3.31. The van der Waals surface area contributed by atoms with E-state index >= 15 is 0 Å². The predicted octanol–water partition coefficient (Wildman–Crippen LogP) is 4.28. The lowest BCUT2D eigenvalue weighted by Crippen LogP contribution is -2.42. The fraction of sp³-hybridized carbons (Fsp3) is 0.467. The number of nitrogens with zero attached hydrogens (tertiary/aromatic N) is 2. The van der Waals surface area contributed by atoms with Gasteiger partial charge in [0.25, 0.3) is 5.56 Å². The van der Waals surface area contributed by atoms with Crippen molar-refractivity contribution in [3.63, 3.8) is 0 Å². The van der Waals surface area contributed by atoms with Crippen LogP contribution in [-0.4, -0.2) is 48.7 Å². The molecule has 1 saturated heterocycles. The van der Waals surface area contributed by atoms with E-state index in [1.165, 1.54) is 21.4 Å². The fourth-order valence-corrected chi connectivity index (χ4v) is 5.21. The van der Waals surface area contributed by atoms with Gasteiger partial charge in [0.15, 0.2) is 0 Å². The van der Waals surface area contributed by atoms with Gasteiger partial charge in [0.2, 0.25) is 0 Å². The van der Waals surface area contributed by atoms with Gasteiger partial charge in [-0.3, -0.25) is 13.9 Å². The molecule has 9 heteroatoms. The van der Waals surface area contributed by atoms with Crippen LogP contribution in [0.5, 0.6) is 0 Å². The fourth-order valence-electron chi connectivity index (χ4n) is 4.45. The molecule has 3 atom stereocenters. The van der Waals surface area contributed by atoms with Crippen LogP contribution in [0, 0.1) is 0 Å². The Hall–Kier alpha value is -2.82. The van der Waals surface area contributed by atoms with Crippen molar-refractivity contribution in [1.29, 1.82) is 0 Å². The van der Waals surface area contributed by atoms with Crippen molar-refractivity contribution in [1.82, 2.24) is 9.13 Å². The summed E-state index contributed by atoms with van der Waals surface area (Å²) in [7, 11) is -1.23. The summed E-state index contributed by atoms with van der Waals surface area (Å²) in [5.41, 5.74) is 1.40. The van der Waals surface area contributed by atoms with Gasteiger partial charge in [-0.25, -0.2) is 4.79 Å². The lowest BCUT2D eigenvalue weighted by molar-refractivity contribution is -0.0730. The molecule has 0 aliphatic carbocycles. The molecule has 3 aromatic rings. The molecule has 0 N–H and O–H groups in total. The Labute approximate surface area is 231 Å². The Balaban J connectivity index is 1.40. The van der Waals surface area contributed by atoms with Crippen LogP contribution < -0.4 is 11.2 Å². The molecule has 1 aromatic heterocycles. The van der Waals surface area contributed by atoms with Crippen molar-refractivity contribution in [3.05, 3.63) is 105 Å². The van der Waals surface area contributed by atoms with Crippen molar-refractivity contribution in [2.75, 3.05) is 13.2 Å². The second-order valence-electron chi connectivity index (χ2n) is 11.2. The van der Waals surface area contributed by atoms with Gasteiger partial charge in [0, 0.05) is 33.4 Å². The zero-order chi connectivity index (χ0) is 27.7. The van der Waals surface area contributed by atoms with Crippen molar-refractivity contribution in [2.45, 2.75) is 76.9 Å². The zero-order valence-electron chi connectivity index (χ0n) is 23.2. The molecule has 2 heterocycles. The highest BCUT2D eigenvalue weighted by Crippen LogP contribution is 2.26.